The predicted molar refractivity (Wildman–Crippen MR) is 125 cm³/mol. The van der Waals surface area contributed by atoms with Crippen LogP contribution in [0.4, 0.5) is 14.5 Å². The first-order valence-electron chi connectivity index (χ1n) is 11.1. The maximum absolute atomic E-state index is 13.2. The van der Waals surface area contributed by atoms with E-state index in [4.69, 9.17) is 11.6 Å². The number of hydrogen-bond acceptors (Lipinski definition) is 7. The van der Waals surface area contributed by atoms with Crippen molar-refractivity contribution < 1.29 is 23.1 Å². The third kappa shape index (κ3) is 4.69. The Kier molecular flexibility index (Phi) is 6.35. The molecule has 0 bridgehead atoms. The summed E-state index contributed by atoms with van der Waals surface area (Å²) in [5.41, 5.74) is 3.98. The maximum atomic E-state index is 13.2. The van der Waals surface area contributed by atoms with Gasteiger partial charge in [0.25, 0.3) is 5.91 Å². The van der Waals surface area contributed by atoms with E-state index in [1.54, 1.807) is 29.7 Å². The topological polar surface area (TPSA) is 101 Å². The van der Waals surface area contributed by atoms with Gasteiger partial charge >= 0.3 is 6.61 Å². The zero-order valence-corrected chi connectivity index (χ0v) is 19.1. The molecule has 1 aromatic heterocycles. The van der Waals surface area contributed by atoms with Crippen LogP contribution < -0.4 is 15.5 Å². The first kappa shape index (κ1) is 23.2. The second-order valence-electron chi connectivity index (χ2n) is 8.20. The van der Waals surface area contributed by atoms with E-state index in [1.165, 1.54) is 22.9 Å². The summed E-state index contributed by atoms with van der Waals surface area (Å²) in [6.45, 7) is -2.83. The largest absolute Gasteiger partial charge is 0.434 e. The molecular weight excluding hydrogens is 482 g/mol. The number of Topliss-reactive ketones (excluding diaryl/α,β-unsaturated/α-hetero) is 1. The zero-order valence-electron chi connectivity index (χ0n) is 18.4. The van der Waals surface area contributed by atoms with Crippen molar-refractivity contribution in [2.75, 3.05) is 11.9 Å². The zero-order chi connectivity index (χ0) is 24.5. The van der Waals surface area contributed by atoms with Crippen molar-refractivity contribution in [3.05, 3.63) is 53.1 Å². The minimum absolute atomic E-state index is 0.0298. The third-order valence-electron chi connectivity index (χ3n) is 5.95. The molecule has 1 fully saturated rings. The number of fused-ring (bicyclic) bond motifs is 1. The van der Waals surface area contributed by atoms with Gasteiger partial charge in [-0.2, -0.15) is 13.9 Å². The smallest absolute Gasteiger partial charge is 0.387 e. The molecule has 1 unspecified atom stereocenters. The van der Waals surface area contributed by atoms with Crippen LogP contribution in [-0.4, -0.2) is 45.9 Å². The fourth-order valence-corrected chi connectivity index (χ4v) is 4.49. The lowest BCUT2D eigenvalue weighted by Gasteiger charge is -2.20. The highest BCUT2D eigenvalue weighted by Crippen LogP contribution is 2.38. The second-order valence-corrected chi connectivity index (χ2v) is 8.64. The van der Waals surface area contributed by atoms with E-state index in [1.807, 2.05) is 0 Å². The Labute approximate surface area is 204 Å². The lowest BCUT2D eigenvalue weighted by molar-refractivity contribution is -0.124. The Bertz CT molecular complexity index is 1270. The molecule has 1 aromatic carbocycles. The Morgan fingerprint density at radius 1 is 1.31 bits per heavy atom. The molecule has 9 nitrogen and oxygen atoms in total. The molecule has 3 aliphatic rings. The predicted octanol–water partition coefficient (Wildman–Crippen LogP) is 4.06. The van der Waals surface area contributed by atoms with Gasteiger partial charge in [0.1, 0.15) is 17.5 Å². The molecule has 1 atom stereocenters. The standard InChI is InChI=1S/C23H21ClF2N6O3/c24-13-6-7-19(35-23(25)26)14(10-13)20-16(12-32(30-20)17-4-1-2-5-18(17)33)29-22(34)15-11-28-31-9-3-8-27-21(15)31/h3,6-10,12,17,23,28H,1-2,4-5,11H2,(H,29,34). The number of nitrogens with one attached hydrogen (secondary N) is 2. The van der Waals surface area contributed by atoms with Crippen molar-refractivity contribution in [1.82, 2.24) is 20.2 Å². The Morgan fingerprint density at radius 2 is 2.17 bits per heavy atom. The molecule has 182 valence electrons. The molecule has 1 amide bonds. The minimum Gasteiger partial charge on any atom is -0.434 e. The van der Waals surface area contributed by atoms with Gasteiger partial charge in [-0.15, -0.1) is 0 Å². The normalized spacial score (nSPS) is 19.5. The van der Waals surface area contributed by atoms with Crippen molar-refractivity contribution in [2.45, 2.75) is 38.3 Å². The number of nitrogens with zero attached hydrogens (tertiary/aromatic N) is 4. The van der Waals surface area contributed by atoms with E-state index < -0.39 is 18.6 Å². The number of aromatic nitrogens is 2. The van der Waals surface area contributed by atoms with E-state index in [0.29, 0.717) is 24.2 Å². The third-order valence-corrected chi connectivity index (χ3v) is 6.19. The average molecular weight is 503 g/mol. The fraction of sp³-hybridized carbons (Fsp3) is 0.304. The molecule has 0 saturated heterocycles. The van der Waals surface area contributed by atoms with Gasteiger partial charge in [0.2, 0.25) is 0 Å². The Morgan fingerprint density at radius 3 is 2.97 bits per heavy atom. The number of ketones is 1. The summed E-state index contributed by atoms with van der Waals surface area (Å²) in [5, 5.41) is 9.26. The number of hydrazine groups is 1. The monoisotopic (exact) mass is 502 g/mol. The Balaban J connectivity index is 1.56. The van der Waals surface area contributed by atoms with Crippen molar-refractivity contribution in [3.63, 3.8) is 0 Å². The summed E-state index contributed by atoms with van der Waals surface area (Å²) in [6, 6.07) is 3.65. The van der Waals surface area contributed by atoms with Crippen LogP contribution in [0.2, 0.25) is 5.02 Å². The molecule has 2 aromatic rings. The number of allylic oxidation sites excluding steroid dienone is 1. The Hall–Kier alpha value is -3.57. The van der Waals surface area contributed by atoms with Gasteiger partial charge in [-0.3, -0.25) is 19.3 Å². The summed E-state index contributed by atoms with van der Waals surface area (Å²) in [5.74, 6) is -0.123. The number of halogens is 3. The number of amides is 1. The minimum atomic E-state index is -3.07. The van der Waals surface area contributed by atoms with Crippen LogP contribution in [0.1, 0.15) is 31.7 Å². The molecule has 1 saturated carbocycles. The first-order valence-corrected chi connectivity index (χ1v) is 11.4. The van der Waals surface area contributed by atoms with Crippen molar-refractivity contribution in [3.8, 4) is 17.0 Å². The fourth-order valence-electron chi connectivity index (χ4n) is 4.32. The second kappa shape index (κ2) is 9.59. The SMILES string of the molecule is O=C(Nc1cn(C2CCCCC2=O)nc1-c1cc(Cl)ccc1OC(F)F)C1=C2N=CC=CN2NC1. The maximum Gasteiger partial charge on any atom is 0.387 e. The number of aliphatic imine (C=N–C) groups is 1. The van der Waals surface area contributed by atoms with E-state index in [0.717, 1.165) is 12.8 Å². The van der Waals surface area contributed by atoms with Gasteiger partial charge in [-0.25, -0.2) is 10.4 Å². The molecule has 3 heterocycles. The van der Waals surface area contributed by atoms with Crippen LogP contribution in [0.5, 0.6) is 5.75 Å². The van der Waals surface area contributed by atoms with Gasteiger partial charge in [0.05, 0.1) is 17.5 Å². The molecule has 2 N–H and O–H groups in total. The first-order chi connectivity index (χ1) is 16.9. The van der Waals surface area contributed by atoms with E-state index in [9.17, 15) is 18.4 Å². The van der Waals surface area contributed by atoms with Crippen molar-refractivity contribution >= 4 is 35.2 Å². The molecule has 12 heteroatoms. The molecular formula is C23H21ClF2N6O3. The van der Waals surface area contributed by atoms with Crippen molar-refractivity contribution in [1.29, 1.82) is 0 Å². The quantitative estimate of drug-likeness (QED) is 0.618. The number of carbonyl (C=O) groups excluding carboxylic acids is 2. The number of benzene rings is 1. The average Bonchev–Trinajstić information content (AvgIpc) is 3.45. The number of anilines is 1. The molecule has 0 spiro atoms. The summed E-state index contributed by atoms with van der Waals surface area (Å²) in [4.78, 5) is 30.0. The van der Waals surface area contributed by atoms with Crippen molar-refractivity contribution in [2.24, 2.45) is 4.99 Å². The van der Waals surface area contributed by atoms with Crippen LogP contribution in [0.15, 0.2) is 53.1 Å². The summed E-state index contributed by atoms with van der Waals surface area (Å²) in [7, 11) is 0. The number of hydrogen-bond donors (Lipinski definition) is 2. The van der Waals surface area contributed by atoms with Gasteiger partial charge in [0.15, 0.2) is 11.6 Å². The number of carbonyl (C=O) groups is 2. The van der Waals surface area contributed by atoms with Crippen LogP contribution in [0.3, 0.4) is 0 Å². The molecule has 0 radical (unpaired) electrons. The summed E-state index contributed by atoms with van der Waals surface area (Å²) in [6.07, 6.45) is 9.27. The van der Waals surface area contributed by atoms with E-state index in [2.05, 4.69) is 25.6 Å². The van der Waals surface area contributed by atoms with Gasteiger partial charge in [-0.1, -0.05) is 18.0 Å². The van der Waals surface area contributed by atoms with E-state index >= 15 is 0 Å². The molecule has 2 aliphatic heterocycles. The summed E-state index contributed by atoms with van der Waals surface area (Å²) >= 11 is 6.16. The van der Waals surface area contributed by atoms with Crippen LogP contribution in [0, 0.1) is 0 Å². The van der Waals surface area contributed by atoms with Gasteiger partial charge in [0, 0.05) is 36.0 Å². The number of alkyl halides is 2. The van der Waals surface area contributed by atoms with E-state index in [-0.39, 0.29) is 40.0 Å². The highest BCUT2D eigenvalue weighted by Gasteiger charge is 2.30. The van der Waals surface area contributed by atoms with Crippen LogP contribution in [0.25, 0.3) is 11.3 Å². The lowest BCUT2D eigenvalue weighted by atomic mass is 9.94. The van der Waals surface area contributed by atoms with Crippen LogP contribution >= 0.6 is 11.6 Å². The lowest BCUT2D eigenvalue weighted by Crippen LogP contribution is -2.27. The van der Waals surface area contributed by atoms with Crippen LogP contribution in [-0.2, 0) is 9.59 Å². The molecule has 5 rings (SSSR count). The van der Waals surface area contributed by atoms with Gasteiger partial charge in [-0.05, 0) is 37.1 Å². The number of rotatable bonds is 6. The number of ether oxygens (including phenoxy) is 1. The van der Waals surface area contributed by atoms with Gasteiger partial charge < -0.3 is 10.1 Å². The highest BCUT2D eigenvalue weighted by molar-refractivity contribution is 6.31. The summed E-state index contributed by atoms with van der Waals surface area (Å²) < 4.78 is 32.4. The highest BCUT2D eigenvalue weighted by atomic mass is 35.5. The molecule has 1 aliphatic carbocycles. The molecule has 35 heavy (non-hydrogen) atoms.